The summed E-state index contributed by atoms with van der Waals surface area (Å²) in [5.41, 5.74) is 2.77. The Morgan fingerprint density at radius 2 is 1.86 bits per heavy atom. The van der Waals surface area contributed by atoms with Crippen molar-refractivity contribution in [3.8, 4) is 5.75 Å². The van der Waals surface area contributed by atoms with Crippen LogP contribution in [0.3, 0.4) is 0 Å². The van der Waals surface area contributed by atoms with E-state index in [0.717, 1.165) is 21.3 Å². The Balaban J connectivity index is 2.02. The Morgan fingerprint density at radius 3 is 2.62 bits per heavy atom. The molecule has 0 bridgehead atoms. The third-order valence-corrected chi connectivity index (χ3v) is 3.99. The number of nitrogens with one attached hydrogen (secondary N) is 2. The Hall–Kier alpha value is -1.85. The average Bonchev–Trinajstić information content (AvgIpc) is 2.50. The van der Waals surface area contributed by atoms with Gasteiger partial charge in [-0.2, -0.15) is 0 Å². The molecular formula is C16H13BrN2OS. The Kier molecular flexibility index (Phi) is 3.94. The number of phenolic OH excluding ortho intramolecular Hbond substituents is 1. The second-order valence-corrected chi connectivity index (χ2v) is 6.05. The Labute approximate surface area is 136 Å². The highest BCUT2D eigenvalue weighted by Gasteiger charge is 2.20. The summed E-state index contributed by atoms with van der Waals surface area (Å²) in [7, 11) is 0. The molecule has 0 saturated carbocycles. The molecule has 1 aliphatic heterocycles. The first-order chi connectivity index (χ1) is 10.1. The number of aromatic hydroxyl groups is 1. The molecule has 3 rings (SSSR count). The van der Waals surface area contributed by atoms with Gasteiger partial charge in [0.15, 0.2) is 5.11 Å². The minimum atomic E-state index is -0.175. The van der Waals surface area contributed by atoms with Gasteiger partial charge in [0.25, 0.3) is 0 Å². The van der Waals surface area contributed by atoms with Crippen molar-refractivity contribution >= 4 is 39.0 Å². The van der Waals surface area contributed by atoms with Crippen LogP contribution in [0.15, 0.2) is 59.1 Å². The fourth-order valence-corrected chi connectivity index (χ4v) is 2.89. The zero-order valence-electron chi connectivity index (χ0n) is 11.0. The first-order valence-electron chi connectivity index (χ1n) is 6.46. The summed E-state index contributed by atoms with van der Waals surface area (Å²) in [5, 5.41) is 16.9. The van der Waals surface area contributed by atoms with Crippen molar-refractivity contribution in [1.29, 1.82) is 0 Å². The molecule has 0 fully saturated rings. The maximum atomic E-state index is 10.1. The fourth-order valence-electron chi connectivity index (χ4n) is 2.28. The molecule has 106 valence electrons. The Morgan fingerprint density at radius 1 is 1.10 bits per heavy atom. The van der Waals surface area contributed by atoms with E-state index >= 15 is 0 Å². The standard InChI is InChI=1S/C16H13BrN2OS/c17-11-6-7-15(20)12(8-11)14-9-13(18-16(21)19-14)10-4-2-1-3-5-10/h1-9,14,20H,(H2,18,19,21)/t14-/m0/s1. The van der Waals surface area contributed by atoms with Gasteiger partial charge in [0.05, 0.1) is 6.04 Å². The van der Waals surface area contributed by atoms with E-state index in [2.05, 4.69) is 26.6 Å². The largest absolute Gasteiger partial charge is 0.508 e. The van der Waals surface area contributed by atoms with E-state index in [4.69, 9.17) is 12.2 Å². The van der Waals surface area contributed by atoms with Crippen LogP contribution < -0.4 is 10.6 Å². The zero-order valence-corrected chi connectivity index (χ0v) is 13.4. The molecule has 1 aliphatic rings. The minimum Gasteiger partial charge on any atom is -0.508 e. The highest BCUT2D eigenvalue weighted by molar-refractivity contribution is 9.10. The van der Waals surface area contributed by atoms with Crippen molar-refractivity contribution in [1.82, 2.24) is 10.6 Å². The van der Waals surface area contributed by atoms with Crippen LogP contribution >= 0.6 is 28.1 Å². The third kappa shape index (κ3) is 3.09. The quantitative estimate of drug-likeness (QED) is 0.714. The first kappa shape index (κ1) is 14.1. The van der Waals surface area contributed by atoms with Crippen molar-refractivity contribution in [3.05, 3.63) is 70.2 Å². The predicted molar refractivity (Wildman–Crippen MR) is 91.8 cm³/mol. The van der Waals surface area contributed by atoms with Crippen molar-refractivity contribution in [2.45, 2.75) is 6.04 Å². The van der Waals surface area contributed by atoms with E-state index in [1.54, 1.807) is 12.1 Å². The van der Waals surface area contributed by atoms with E-state index in [-0.39, 0.29) is 11.8 Å². The van der Waals surface area contributed by atoms with Crippen molar-refractivity contribution in [2.24, 2.45) is 0 Å². The van der Waals surface area contributed by atoms with E-state index in [0.29, 0.717) is 5.11 Å². The molecule has 2 aromatic rings. The van der Waals surface area contributed by atoms with Gasteiger partial charge in [-0.1, -0.05) is 46.3 Å². The normalized spacial score (nSPS) is 17.7. The monoisotopic (exact) mass is 360 g/mol. The number of halogens is 1. The molecule has 3 N–H and O–H groups in total. The molecular weight excluding hydrogens is 348 g/mol. The molecule has 0 radical (unpaired) electrons. The van der Waals surface area contributed by atoms with Crippen LogP contribution in [0.5, 0.6) is 5.75 Å². The maximum absolute atomic E-state index is 10.1. The van der Waals surface area contributed by atoms with Crippen LogP contribution in [0, 0.1) is 0 Å². The number of phenols is 1. The molecule has 1 atom stereocenters. The highest BCUT2D eigenvalue weighted by Crippen LogP contribution is 2.31. The number of thiocarbonyl (C=S) groups is 1. The van der Waals surface area contributed by atoms with Crippen LogP contribution in [0.4, 0.5) is 0 Å². The smallest absolute Gasteiger partial charge is 0.171 e. The number of benzene rings is 2. The number of rotatable bonds is 2. The lowest BCUT2D eigenvalue weighted by Gasteiger charge is -2.26. The lowest BCUT2D eigenvalue weighted by molar-refractivity contribution is 0.463. The van der Waals surface area contributed by atoms with Gasteiger partial charge < -0.3 is 15.7 Å². The second-order valence-electron chi connectivity index (χ2n) is 4.73. The molecule has 0 spiro atoms. The van der Waals surface area contributed by atoms with E-state index in [1.165, 1.54) is 0 Å². The summed E-state index contributed by atoms with van der Waals surface area (Å²) in [5.74, 6) is 0.240. The average molecular weight is 361 g/mol. The summed E-state index contributed by atoms with van der Waals surface area (Å²) in [6, 6.07) is 15.2. The van der Waals surface area contributed by atoms with Gasteiger partial charge in [-0.15, -0.1) is 0 Å². The molecule has 0 aromatic heterocycles. The molecule has 0 amide bonds. The van der Waals surface area contributed by atoms with Gasteiger partial charge in [-0.3, -0.25) is 0 Å². The summed E-state index contributed by atoms with van der Waals surface area (Å²) in [4.78, 5) is 0. The van der Waals surface area contributed by atoms with Gasteiger partial charge in [0, 0.05) is 15.7 Å². The summed E-state index contributed by atoms with van der Waals surface area (Å²) in [6.45, 7) is 0. The van der Waals surface area contributed by atoms with Crippen LogP contribution in [-0.2, 0) is 0 Å². The predicted octanol–water partition coefficient (Wildman–Crippen LogP) is 3.71. The van der Waals surface area contributed by atoms with Crippen LogP contribution in [0.2, 0.25) is 0 Å². The van der Waals surface area contributed by atoms with Crippen LogP contribution in [0.25, 0.3) is 5.70 Å². The second kappa shape index (κ2) is 5.87. The molecule has 0 saturated heterocycles. The summed E-state index contributed by atoms with van der Waals surface area (Å²) in [6.07, 6.45) is 2.02. The molecule has 2 aromatic carbocycles. The molecule has 0 unspecified atom stereocenters. The molecule has 0 aliphatic carbocycles. The summed E-state index contributed by atoms with van der Waals surface area (Å²) >= 11 is 8.71. The zero-order chi connectivity index (χ0) is 14.8. The van der Waals surface area contributed by atoms with Gasteiger partial charge in [-0.05, 0) is 42.1 Å². The topological polar surface area (TPSA) is 44.3 Å². The van der Waals surface area contributed by atoms with Crippen molar-refractivity contribution in [3.63, 3.8) is 0 Å². The van der Waals surface area contributed by atoms with Crippen molar-refractivity contribution in [2.75, 3.05) is 0 Å². The van der Waals surface area contributed by atoms with Crippen molar-refractivity contribution < 1.29 is 5.11 Å². The van der Waals surface area contributed by atoms with E-state index < -0.39 is 0 Å². The SMILES string of the molecule is Oc1ccc(Br)cc1[C@@H]1C=C(c2ccccc2)NC(=S)N1. The lowest BCUT2D eigenvalue weighted by Crippen LogP contribution is -2.40. The number of hydrogen-bond acceptors (Lipinski definition) is 2. The van der Waals surface area contributed by atoms with E-state index in [1.807, 2.05) is 42.5 Å². The Bertz CT molecular complexity index is 715. The third-order valence-electron chi connectivity index (χ3n) is 3.28. The van der Waals surface area contributed by atoms with Gasteiger partial charge in [0.2, 0.25) is 0 Å². The van der Waals surface area contributed by atoms with Crippen LogP contribution in [-0.4, -0.2) is 10.2 Å². The molecule has 1 heterocycles. The summed E-state index contributed by atoms with van der Waals surface area (Å²) < 4.78 is 0.913. The lowest BCUT2D eigenvalue weighted by atomic mass is 10.0. The first-order valence-corrected chi connectivity index (χ1v) is 7.67. The van der Waals surface area contributed by atoms with Gasteiger partial charge in [0.1, 0.15) is 5.75 Å². The van der Waals surface area contributed by atoms with Crippen LogP contribution in [0.1, 0.15) is 17.2 Å². The molecule has 21 heavy (non-hydrogen) atoms. The maximum Gasteiger partial charge on any atom is 0.171 e. The van der Waals surface area contributed by atoms with E-state index in [9.17, 15) is 5.11 Å². The van der Waals surface area contributed by atoms with Gasteiger partial charge in [-0.25, -0.2) is 0 Å². The van der Waals surface area contributed by atoms with Gasteiger partial charge >= 0.3 is 0 Å². The fraction of sp³-hybridized carbons (Fsp3) is 0.0625. The highest BCUT2D eigenvalue weighted by atomic mass is 79.9. The molecule has 3 nitrogen and oxygen atoms in total. The minimum absolute atomic E-state index is 0.175. The number of hydrogen-bond donors (Lipinski definition) is 3. The molecule has 5 heteroatoms.